The maximum absolute atomic E-state index is 11.4. The Morgan fingerprint density at radius 2 is 2.12 bits per heavy atom. The van der Waals surface area contributed by atoms with Gasteiger partial charge in [-0.3, -0.25) is 9.59 Å². The molecule has 1 aliphatic rings. The smallest absolute Gasteiger partial charge is 0.306 e. The largest absolute Gasteiger partial charge is 0.481 e. The summed E-state index contributed by atoms with van der Waals surface area (Å²) in [5, 5.41) is 14.8. The molecule has 17 heavy (non-hydrogen) atoms. The van der Waals surface area contributed by atoms with Crippen molar-refractivity contribution in [2.24, 2.45) is 11.8 Å². The molecular formula is C12H22N2O3. The minimum atomic E-state index is -0.731. The highest BCUT2D eigenvalue weighted by Gasteiger charge is 2.32. The van der Waals surface area contributed by atoms with Gasteiger partial charge in [0.2, 0.25) is 5.91 Å². The van der Waals surface area contributed by atoms with E-state index in [9.17, 15) is 9.59 Å². The van der Waals surface area contributed by atoms with Crippen molar-refractivity contribution in [1.82, 2.24) is 10.6 Å². The molecule has 3 N–H and O–H groups in total. The predicted octanol–water partition coefficient (Wildman–Crippen LogP) is 0.603. The van der Waals surface area contributed by atoms with Crippen molar-refractivity contribution in [2.45, 2.75) is 32.6 Å². The minimum absolute atomic E-state index is 0.0468. The molecule has 0 spiro atoms. The first-order chi connectivity index (χ1) is 8.15. The predicted molar refractivity (Wildman–Crippen MR) is 64.6 cm³/mol. The van der Waals surface area contributed by atoms with E-state index in [1.807, 2.05) is 6.92 Å². The molecular weight excluding hydrogens is 220 g/mol. The molecule has 0 saturated heterocycles. The van der Waals surface area contributed by atoms with Crippen molar-refractivity contribution < 1.29 is 14.7 Å². The molecule has 0 aromatic carbocycles. The zero-order chi connectivity index (χ0) is 12.7. The number of carboxylic acid groups (broad SMARTS) is 1. The van der Waals surface area contributed by atoms with Gasteiger partial charge in [-0.1, -0.05) is 13.3 Å². The van der Waals surface area contributed by atoms with E-state index in [0.717, 1.165) is 32.2 Å². The van der Waals surface area contributed by atoms with E-state index >= 15 is 0 Å². The molecule has 1 rings (SSSR count). The number of carboxylic acids is 1. The summed E-state index contributed by atoms with van der Waals surface area (Å²) in [6.07, 6.45) is 3.59. The molecule has 0 aliphatic heterocycles. The second-order valence-electron chi connectivity index (χ2n) is 4.62. The summed E-state index contributed by atoms with van der Waals surface area (Å²) in [5.41, 5.74) is 0. The van der Waals surface area contributed by atoms with Gasteiger partial charge in [-0.25, -0.2) is 0 Å². The molecule has 98 valence electrons. The average Bonchev–Trinajstić information content (AvgIpc) is 2.75. The fourth-order valence-corrected chi connectivity index (χ4v) is 2.29. The lowest BCUT2D eigenvalue weighted by molar-refractivity contribution is -0.143. The van der Waals surface area contributed by atoms with E-state index in [1.54, 1.807) is 0 Å². The van der Waals surface area contributed by atoms with Crippen LogP contribution in [0.15, 0.2) is 0 Å². The van der Waals surface area contributed by atoms with Gasteiger partial charge >= 0.3 is 5.97 Å². The van der Waals surface area contributed by atoms with Gasteiger partial charge in [-0.2, -0.15) is 0 Å². The van der Waals surface area contributed by atoms with Crippen LogP contribution in [-0.4, -0.2) is 36.6 Å². The van der Waals surface area contributed by atoms with E-state index < -0.39 is 5.97 Å². The molecule has 0 bridgehead atoms. The molecule has 0 heterocycles. The van der Waals surface area contributed by atoms with E-state index in [4.69, 9.17) is 5.11 Å². The number of rotatable bonds is 7. The highest BCUT2D eigenvalue weighted by atomic mass is 16.4. The summed E-state index contributed by atoms with van der Waals surface area (Å²) in [4.78, 5) is 22.4. The monoisotopic (exact) mass is 242 g/mol. The van der Waals surface area contributed by atoms with E-state index in [1.165, 1.54) is 0 Å². The van der Waals surface area contributed by atoms with E-state index in [2.05, 4.69) is 10.6 Å². The lowest BCUT2D eigenvalue weighted by Crippen LogP contribution is -2.38. The fourth-order valence-electron chi connectivity index (χ4n) is 2.29. The number of amides is 1. The van der Waals surface area contributed by atoms with E-state index in [0.29, 0.717) is 13.1 Å². The summed E-state index contributed by atoms with van der Waals surface area (Å²) in [7, 11) is 0. The third kappa shape index (κ3) is 4.73. The SMILES string of the molecule is CCCNCC(=O)NCC1CCCC1C(=O)O. The van der Waals surface area contributed by atoms with Gasteiger partial charge in [0.15, 0.2) is 0 Å². The molecule has 2 atom stereocenters. The van der Waals surface area contributed by atoms with Gasteiger partial charge in [0, 0.05) is 6.54 Å². The minimum Gasteiger partial charge on any atom is -0.481 e. The number of nitrogens with one attached hydrogen (secondary N) is 2. The van der Waals surface area contributed by atoms with Gasteiger partial charge in [-0.15, -0.1) is 0 Å². The zero-order valence-electron chi connectivity index (χ0n) is 10.4. The summed E-state index contributed by atoms with van der Waals surface area (Å²) >= 11 is 0. The van der Waals surface area contributed by atoms with Crippen molar-refractivity contribution in [3.8, 4) is 0 Å². The topological polar surface area (TPSA) is 78.4 Å². The average molecular weight is 242 g/mol. The maximum Gasteiger partial charge on any atom is 0.306 e. The quantitative estimate of drug-likeness (QED) is 0.571. The molecule has 5 nitrogen and oxygen atoms in total. The van der Waals surface area contributed by atoms with Crippen LogP contribution in [0.4, 0.5) is 0 Å². The molecule has 0 radical (unpaired) electrons. The Labute approximate surface area is 102 Å². The first kappa shape index (κ1) is 14.0. The number of hydrogen-bond donors (Lipinski definition) is 3. The fraction of sp³-hybridized carbons (Fsp3) is 0.833. The van der Waals surface area contributed by atoms with Crippen LogP contribution in [0.3, 0.4) is 0 Å². The Kier molecular flexibility index (Phi) is 5.97. The summed E-state index contributed by atoms with van der Waals surface area (Å²) in [6, 6.07) is 0. The lowest BCUT2D eigenvalue weighted by Gasteiger charge is -2.16. The van der Waals surface area contributed by atoms with Crippen LogP contribution in [-0.2, 0) is 9.59 Å². The first-order valence-corrected chi connectivity index (χ1v) is 6.35. The third-order valence-corrected chi connectivity index (χ3v) is 3.25. The van der Waals surface area contributed by atoms with Crippen LogP contribution in [0, 0.1) is 11.8 Å². The van der Waals surface area contributed by atoms with Crippen molar-refractivity contribution in [3.05, 3.63) is 0 Å². The normalized spacial score (nSPS) is 23.6. The highest BCUT2D eigenvalue weighted by Crippen LogP contribution is 2.31. The molecule has 0 aromatic heterocycles. The Bertz CT molecular complexity index is 268. The molecule has 0 aromatic rings. The van der Waals surface area contributed by atoms with Crippen molar-refractivity contribution >= 4 is 11.9 Å². The van der Waals surface area contributed by atoms with Gasteiger partial charge < -0.3 is 15.7 Å². The van der Waals surface area contributed by atoms with Gasteiger partial charge in [0.1, 0.15) is 0 Å². The number of carbonyl (C=O) groups is 2. The van der Waals surface area contributed by atoms with E-state index in [-0.39, 0.29) is 17.7 Å². The first-order valence-electron chi connectivity index (χ1n) is 6.35. The third-order valence-electron chi connectivity index (χ3n) is 3.25. The second kappa shape index (κ2) is 7.27. The van der Waals surface area contributed by atoms with Gasteiger partial charge in [0.05, 0.1) is 12.5 Å². The molecule has 5 heteroatoms. The lowest BCUT2D eigenvalue weighted by atomic mass is 9.96. The zero-order valence-corrected chi connectivity index (χ0v) is 10.4. The Morgan fingerprint density at radius 1 is 1.35 bits per heavy atom. The molecule has 1 fully saturated rings. The van der Waals surface area contributed by atoms with Crippen molar-refractivity contribution in [3.63, 3.8) is 0 Å². The maximum atomic E-state index is 11.4. The summed E-state index contributed by atoms with van der Waals surface area (Å²) < 4.78 is 0. The van der Waals surface area contributed by atoms with Crippen LogP contribution in [0.1, 0.15) is 32.6 Å². The van der Waals surface area contributed by atoms with Crippen molar-refractivity contribution in [1.29, 1.82) is 0 Å². The van der Waals surface area contributed by atoms with Crippen LogP contribution < -0.4 is 10.6 Å². The second-order valence-corrected chi connectivity index (χ2v) is 4.62. The van der Waals surface area contributed by atoms with Gasteiger partial charge in [0.25, 0.3) is 0 Å². The summed E-state index contributed by atoms with van der Waals surface area (Å²) in [6.45, 7) is 3.68. The van der Waals surface area contributed by atoms with Crippen LogP contribution in [0.25, 0.3) is 0 Å². The molecule has 1 aliphatic carbocycles. The Balaban J connectivity index is 2.21. The number of carbonyl (C=O) groups excluding carboxylic acids is 1. The Morgan fingerprint density at radius 3 is 2.76 bits per heavy atom. The summed E-state index contributed by atoms with van der Waals surface area (Å²) in [5.74, 6) is -0.957. The van der Waals surface area contributed by atoms with Crippen LogP contribution >= 0.6 is 0 Å². The van der Waals surface area contributed by atoms with Crippen LogP contribution in [0.5, 0.6) is 0 Å². The number of hydrogen-bond acceptors (Lipinski definition) is 3. The molecule has 1 saturated carbocycles. The highest BCUT2D eigenvalue weighted by molar-refractivity contribution is 5.78. The standard InChI is InChI=1S/C12H22N2O3/c1-2-6-13-8-11(15)14-7-9-4-3-5-10(9)12(16)17/h9-10,13H,2-8H2,1H3,(H,14,15)(H,16,17). The number of aliphatic carboxylic acids is 1. The van der Waals surface area contributed by atoms with Gasteiger partial charge in [-0.05, 0) is 31.7 Å². The molecule has 1 amide bonds. The van der Waals surface area contributed by atoms with Crippen molar-refractivity contribution in [2.75, 3.05) is 19.6 Å². The molecule has 2 unspecified atom stereocenters. The Hall–Kier alpha value is -1.10. The van der Waals surface area contributed by atoms with Crippen LogP contribution in [0.2, 0.25) is 0 Å².